The lowest BCUT2D eigenvalue weighted by Gasteiger charge is -2.10. The molecule has 1 rings (SSSR count). The molecule has 0 amide bonds. The number of hydrogen-bond acceptors (Lipinski definition) is 1. The lowest BCUT2D eigenvalue weighted by atomic mass is 10.0. The van der Waals surface area contributed by atoms with Crippen molar-refractivity contribution in [2.24, 2.45) is 0 Å². The predicted octanol–water partition coefficient (Wildman–Crippen LogP) is 12.7. The van der Waals surface area contributed by atoms with Gasteiger partial charge in [-0.15, -0.1) is 0 Å². The number of hydrogen-bond donors (Lipinski definition) is 0. The summed E-state index contributed by atoms with van der Waals surface area (Å²) in [5.41, 5.74) is 4.21. The fourth-order valence-electron chi connectivity index (χ4n) is 5.74. The third kappa shape index (κ3) is 22.0. The Labute approximate surface area is 240 Å². The van der Waals surface area contributed by atoms with Crippen LogP contribution in [0.5, 0.6) is 0 Å². The van der Waals surface area contributed by atoms with Crippen LogP contribution >= 0.6 is 0 Å². The summed E-state index contributed by atoms with van der Waals surface area (Å²) in [5.74, 6) is 0. The maximum absolute atomic E-state index is 5.10. The molecule has 0 aromatic carbocycles. The van der Waals surface area contributed by atoms with E-state index in [1.165, 1.54) is 197 Å². The Morgan fingerprint density at radius 1 is 0.421 bits per heavy atom. The van der Waals surface area contributed by atoms with Crippen molar-refractivity contribution in [1.82, 2.24) is 4.98 Å². The summed E-state index contributed by atoms with van der Waals surface area (Å²) in [6.45, 7) is 8.66. The number of nitrogens with zero attached hydrogens (tertiary/aromatic N) is 1. The fraction of sp³-hybridized carbons (Fsp3) is 0.838. The normalized spacial score (nSPS) is 11.4. The first-order valence-electron chi connectivity index (χ1n) is 17.6. The van der Waals surface area contributed by atoms with Crippen molar-refractivity contribution in [3.63, 3.8) is 0 Å². The van der Waals surface area contributed by atoms with E-state index in [1.807, 2.05) is 0 Å². The molecule has 0 unspecified atom stereocenters. The van der Waals surface area contributed by atoms with Gasteiger partial charge in [0.2, 0.25) is 0 Å². The third-order valence-corrected chi connectivity index (χ3v) is 8.28. The molecule has 0 aliphatic rings. The van der Waals surface area contributed by atoms with Crippen molar-refractivity contribution >= 4 is 0 Å². The van der Waals surface area contributed by atoms with E-state index < -0.39 is 0 Å². The van der Waals surface area contributed by atoms with Gasteiger partial charge in [-0.1, -0.05) is 168 Å². The van der Waals surface area contributed by atoms with Gasteiger partial charge in [-0.2, -0.15) is 0 Å². The zero-order chi connectivity index (χ0) is 27.4. The SMILES string of the molecule is [CH2]CCCc1cc(CCCCCCCCCCCCCC)nc(CCCCCCCCCCCCCC)c1. The van der Waals surface area contributed by atoms with Crippen molar-refractivity contribution < 1.29 is 0 Å². The Hall–Kier alpha value is -0.850. The lowest BCUT2D eigenvalue weighted by molar-refractivity contribution is 0.542. The summed E-state index contributed by atoms with van der Waals surface area (Å²) >= 11 is 0. The summed E-state index contributed by atoms with van der Waals surface area (Å²) in [6, 6.07) is 4.81. The minimum absolute atomic E-state index is 1.03. The second-order valence-electron chi connectivity index (χ2n) is 12.2. The van der Waals surface area contributed by atoms with E-state index in [-0.39, 0.29) is 0 Å². The number of pyridine rings is 1. The van der Waals surface area contributed by atoms with E-state index in [0.717, 1.165) is 6.42 Å². The summed E-state index contributed by atoms with van der Waals surface area (Å²) in [7, 11) is 0. The van der Waals surface area contributed by atoms with E-state index in [1.54, 1.807) is 0 Å². The molecule has 0 atom stereocenters. The van der Waals surface area contributed by atoms with Crippen molar-refractivity contribution in [1.29, 1.82) is 0 Å². The minimum Gasteiger partial charge on any atom is -0.258 e. The molecule has 0 bridgehead atoms. The number of rotatable bonds is 29. The molecule has 1 aromatic rings. The molecule has 0 aliphatic heterocycles. The highest BCUT2D eigenvalue weighted by Gasteiger charge is 2.05. The maximum Gasteiger partial charge on any atom is 0.0409 e. The highest BCUT2D eigenvalue weighted by molar-refractivity contribution is 5.22. The van der Waals surface area contributed by atoms with Gasteiger partial charge < -0.3 is 0 Å². The highest BCUT2D eigenvalue weighted by atomic mass is 14.7. The van der Waals surface area contributed by atoms with Crippen LogP contribution in [0, 0.1) is 6.92 Å². The summed E-state index contributed by atoms with van der Waals surface area (Å²) in [6.07, 6.45) is 39.7. The van der Waals surface area contributed by atoms with E-state index in [9.17, 15) is 0 Å². The van der Waals surface area contributed by atoms with Crippen molar-refractivity contribution in [3.8, 4) is 0 Å². The number of aryl methyl sites for hydroxylation is 3. The summed E-state index contributed by atoms with van der Waals surface area (Å²) < 4.78 is 0. The Morgan fingerprint density at radius 2 is 0.737 bits per heavy atom. The molecule has 1 nitrogen and oxygen atoms in total. The molecule has 1 heterocycles. The predicted molar refractivity (Wildman–Crippen MR) is 172 cm³/mol. The van der Waals surface area contributed by atoms with Gasteiger partial charge in [0.25, 0.3) is 0 Å². The molecule has 0 spiro atoms. The molecule has 38 heavy (non-hydrogen) atoms. The van der Waals surface area contributed by atoms with Crippen molar-refractivity contribution in [3.05, 3.63) is 36.0 Å². The van der Waals surface area contributed by atoms with Gasteiger partial charge in [-0.05, 0) is 56.2 Å². The van der Waals surface area contributed by atoms with Gasteiger partial charge in [-0.3, -0.25) is 4.98 Å². The molecule has 1 heteroatoms. The lowest BCUT2D eigenvalue weighted by Crippen LogP contribution is -2.00. The molecule has 1 aromatic heterocycles. The van der Waals surface area contributed by atoms with Crippen LogP contribution < -0.4 is 0 Å². The van der Waals surface area contributed by atoms with Gasteiger partial charge in [0.1, 0.15) is 0 Å². The molecule has 0 fully saturated rings. The quantitative estimate of drug-likeness (QED) is 0.0946. The third-order valence-electron chi connectivity index (χ3n) is 8.28. The second kappa shape index (κ2) is 27.7. The standard InChI is InChI=1S/C37H68N/c1-4-7-10-12-14-16-18-20-22-24-26-28-31-36-33-35(30-9-6-3)34-37(38-36)32-29-27-25-23-21-19-17-15-13-11-8-5-2/h33-34H,3-32H2,1-2H3. The van der Waals surface area contributed by atoms with Crippen LogP contribution in [0.4, 0.5) is 0 Å². The Morgan fingerprint density at radius 3 is 1.05 bits per heavy atom. The van der Waals surface area contributed by atoms with Gasteiger partial charge >= 0.3 is 0 Å². The minimum atomic E-state index is 1.03. The molecular weight excluding hydrogens is 458 g/mol. The van der Waals surface area contributed by atoms with Crippen molar-refractivity contribution in [2.75, 3.05) is 0 Å². The summed E-state index contributed by atoms with van der Waals surface area (Å²) in [5, 5.41) is 0. The number of aromatic nitrogens is 1. The first-order valence-corrected chi connectivity index (χ1v) is 17.6. The molecule has 0 N–H and O–H groups in total. The summed E-state index contributed by atoms with van der Waals surface area (Å²) in [4.78, 5) is 5.10. The van der Waals surface area contributed by atoms with Crippen LogP contribution in [-0.2, 0) is 19.3 Å². The highest BCUT2D eigenvalue weighted by Crippen LogP contribution is 2.17. The molecular formula is C37H68N. The zero-order valence-electron chi connectivity index (χ0n) is 26.3. The average molecular weight is 527 g/mol. The van der Waals surface area contributed by atoms with E-state index >= 15 is 0 Å². The van der Waals surface area contributed by atoms with Crippen LogP contribution in [0.1, 0.15) is 198 Å². The van der Waals surface area contributed by atoms with E-state index in [2.05, 4.69) is 32.9 Å². The molecule has 221 valence electrons. The molecule has 0 saturated carbocycles. The first-order chi connectivity index (χ1) is 18.8. The number of unbranched alkanes of at least 4 members (excludes halogenated alkanes) is 23. The first kappa shape index (κ1) is 35.2. The van der Waals surface area contributed by atoms with Gasteiger partial charge in [0, 0.05) is 11.4 Å². The second-order valence-corrected chi connectivity index (χ2v) is 12.2. The largest absolute Gasteiger partial charge is 0.258 e. The topological polar surface area (TPSA) is 12.9 Å². The van der Waals surface area contributed by atoms with Gasteiger partial charge in [0.15, 0.2) is 0 Å². The van der Waals surface area contributed by atoms with Crippen LogP contribution in [0.2, 0.25) is 0 Å². The maximum atomic E-state index is 5.10. The van der Waals surface area contributed by atoms with Crippen LogP contribution in [0.25, 0.3) is 0 Å². The zero-order valence-corrected chi connectivity index (χ0v) is 26.3. The average Bonchev–Trinajstić information content (AvgIpc) is 2.93. The molecule has 0 saturated heterocycles. The molecule has 1 radical (unpaired) electrons. The van der Waals surface area contributed by atoms with Gasteiger partial charge in [0.05, 0.1) is 0 Å². The monoisotopic (exact) mass is 527 g/mol. The van der Waals surface area contributed by atoms with E-state index in [0.29, 0.717) is 0 Å². The van der Waals surface area contributed by atoms with Gasteiger partial charge in [-0.25, -0.2) is 0 Å². The van der Waals surface area contributed by atoms with Crippen LogP contribution in [0.15, 0.2) is 12.1 Å². The van der Waals surface area contributed by atoms with E-state index in [4.69, 9.17) is 4.98 Å². The smallest absolute Gasteiger partial charge is 0.0409 e. The Bertz CT molecular complexity index is 560. The molecule has 0 aliphatic carbocycles. The Balaban J connectivity index is 2.17. The van der Waals surface area contributed by atoms with Crippen LogP contribution in [-0.4, -0.2) is 4.98 Å². The van der Waals surface area contributed by atoms with Crippen molar-refractivity contribution in [2.45, 2.75) is 200 Å². The fourth-order valence-corrected chi connectivity index (χ4v) is 5.74. The Kier molecular flexibility index (Phi) is 25.6. The van der Waals surface area contributed by atoms with Crippen LogP contribution in [0.3, 0.4) is 0 Å².